The minimum atomic E-state index is -4.64. The molecule has 1 aromatic heterocycles. The fraction of sp³-hybridized carbons (Fsp3) is 0.600. The van der Waals surface area contributed by atoms with Gasteiger partial charge in [-0.1, -0.05) is 5.11 Å². The highest BCUT2D eigenvalue weighted by Gasteiger charge is 2.35. The molecule has 0 saturated carbocycles. The molecule has 0 amide bonds. The summed E-state index contributed by atoms with van der Waals surface area (Å²) in [5, 5.41) is 12.7. The topological polar surface area (TPSA) is 366 Å². The summed E-state index contributed by atoms with van der Waals surface area (Å²) in [6, 6.07) is -0.542. The molecule has 1 aromatic rings. The van der Waals surface area contributed by atoms with Gasteiger partial charge in [0.25, 0.3) is 5.56 Å². The van der Waals surface area contributed by atoms with Gasteiger partial charge in [-0.3, -0.25) is 14.3 Å². The average Bonchev–Trinajstić information content (AvgIpc) is 2.97. The molecule has 3 atom stereocenters. The zero-order valence-electron chi connectivity index (χ0n) is 16.8. The highest BCUT2D eigenvalue weighted by molar-refractivity contribution is 7.45. The Bertz CT molecular complexity index is 1010. The Morgan fingerprint density at radius 2 is 1.47 bits per heavy atom. The molecule has 0 spiro atoms. The summed E-state index contributed by atoms with van der Waals surface area (Å²) in [5.41, 5.74) is 7.76. The van der Waals surface area contributed by atoms with Crippen molar-refractivity contribution in [2.24, 2.45) is 5.11 Å². The third-order valence-electron chi connectivity index (χ3n) is 3.04. The minimum absolute atomic E-state index is 0.265. The average molecular weight is 561 g/mol. The normalized spacial score (nSPS) is 19.8. The van der Waals surface area contributed by atoms with Crippen molar-refractivity contribution >= 4 is 23.5 Å². The number of aromatic amines is 1. The highest BCUT2D eigenvalue weighted by atomic mass is 31.2. The monoisotopic (exact) mass is 561 g/mol. The van der Waals surface area contributed by atoms with Gasteiger partial charge in [0.2, 0.25) is 0 Å². The van der Waals surface area contributed by atoms with Gasteiger partial charge in [-0.2, -0.15) is 0 Å². The molecule has 1 saturated heterocycles. The van der Waals surface area contributed by atoms with Gasteiger partial charge < -0.3 is 53.9 Å². The smallest absolute Gasteiger partial charge is 0.394 e. The molecule has 2 heterocycles. The number of nitrogens with zero attached hydrogens (tertiary/aromatic N) is 4. The molecule has 24 heteroatoms. The molecule has 1 unspecified atom stereocenters. The van der Waals surface area contributed by atoms with Crippen LogP contribution >= 0.6 is 23.5 Å². The standard InChI is InChI=1S/C10H13N5O4.3H3O4P/c1-5-3-15(10(18)12-9(5)17)8-2-6(13-14-11)7(4-16)19-8;3*1-5(2,3)4/h3,6-8,16H,2,4H2,1H3,(H,12,17,18);3*(H3,1,2,3,4)/t6?,7-,8-;;;/m1.../s1. The summed E-state index contributed by atoms with van der Waals surface area (Å²) in [6.07, 6.45) is 0.329. The molecular weight excluding hydrogens is 539 g/mol. The Hall–Kier alpha value is -1.76. The quantitative estimate of drug-likeness (QED) is 0.0758. The van der Waals surface area contributed by atoms with Crippen LogP contribution in [-0.2, 0) is 18.4 Å². The van der Waals surface area contributed by atoms with Gasteiger partial charge in [0.05, 0.1) is 18.8 Å². The Labute approximate surface area is 187 Å². The van der Waals surface area contributed by atoms with Crippen molar-refractivity contribution in [3.8, 4) is 0 Å². The summed E-state index contributed by atoms with van der Waals surface area (Å²) in [7, 11) is -13.9. The first-order chi connectivity index (χ1) is 15.1. The highest BCUT2D eigenvalue weighted by Crippen LogP contribution is 2.30. The van der Waals surface area contributed by atoms with Gasteiger partial charge in [-0.15, -0.1) is 0 Å². The number of aromatic nitrogens is 2. The van der Waals surface area contributed by atoms with Gasteiger partial charge in [-0.25, -0.2) is 18.5 Å². The Kier molecular flexibility index (Phi) is 14.8. The lowest BCUT2D eigenvalue weighted by atomic mass is 10.1. The SMILES string of the molecule is Cc1cn([C@H]2CC(N=[N+]=[N-])[C@@H](CO)O2)c(=O)[nH]c1=O.O=P(O)(O)O.O=P(O)(O)O.O=P(O)(O)O. The number of aryl methyl sites for hydroxylation is 1. The van der Waals surface area contributed by atoms with E-state index in [-0.39, 0.29) is 13.0 Å². The summed E-state index contributed by atoms with van der Waals surface area (Å²) in [4.78, 5) is 92.5. The largest absolute Gasteiger partial charge is 0.466 e. The molecule has 1 fully saturated rings. The third-order valence-corrected chi connectivity index (χ3v) is 3.04. The number of H-pyrrole nitrogens is 1. The van der Waals surface area contributed by atoms with Crippen molar-refractivity contribution in [1.82, 2.24) is 9.55 Å². The Morgan fingerprint density at radius 3 is 1.82 bits per heavy atom. The number of azide groups is 1. The number of nitrogens with one attached hydrogen (secondary N) is 1. The number of hydrogen-bond donors (Lipinski definition) is 11. The first-order valence-electron chi connectivity index (χ1n) is 8.04. The molecule has 198 valence electrons. The summed E-state index contributed by atoms with van der Waals surface area (Å²) in [5.74, 6) is 0. The van der Waals surface area contributed by atoms with Crippen molar-refractivity contribution in [1.29, 1.82) is 0 Å². The van der Waals surface area contributed by atoms with Crippen molar-refractivity contribution < 1.29 is 67.6 Å². The summed E-state index contributed by atoms with van der Waals surface area (Å²) in [6.45, 7) is 1.26. The second-order valence-corrected chi connectivity index (χ2v) is 8.92. The van der Waals surface area contributed by atoms with E-state index >= 15 is 0 Å². The molecule has 11 N–H and O–H groups in total. The van der Waals surface area contributed by atoms with Crippen LogP contribution in [0.4, 0.5) is 0 Å². The van der Waals surface area contributed by atoms with Crippen LogP contribution in [0, 0.1) is 6.92 Å². The lowest BCUT2D eigenvalue weighted by Gasteiger charge is -2.14. The van der Waals surface area contributed by atoms with Crippen molar-refractivity contribution in [2.45, 2.75) is 31.7 Å². The third kappa shape index (κ3) is 20.8. The van der Waals surface area contributed by atoms with E-state index in [1.807, 2.05) is 0 Å². The van der Waals surface area contributed by atoms with E-state index in [1.54, 1.807) is 6.92 Å². The number of phosphoric acid groups is 3. The second kappa shape index (κ2) is 14.6. The first kappa shape index (κ1) is 34.4. The lowest BCUT2D eigenvalue weighted by molar-refractivity contribution is -0.0271. The molecule has 0 radical (unpaired) electrons. The maximum atomic E-state index is 11.7. The molecule has 1 aliphatic heterocycles. The van der Waals surface area contributed by atoms with E-state index in [2.05, 4.69) is 15.0 Å². The molecule has 0 aliphatic carbocycles. The maximum absolute atomic E-state index is 11.7. The number of aliphatic hydroxyl groups is 1. The van der Waals surface area contributed by atoms with Gasteiger partial charge >= 0.3 is 29.2 Å². The van der Waals surface area contributed by atoms with Gasteiger partial charge in [-0.05, 0) is 12.5 Å². The van der Waals surface area contributed by atoms with Crippen LogP contribution < -0.4 is 11.2 Å². The van der Waals surface area contributed by atoms with E-state index in [1.165, 1.54) is 10.8 Å². The number of aliphatic hydroxyl groups excluding tert-OH is 1. The van der Waals surface area contributed by atoms with E-state index in [0.717, 1.165) is 0 Å². The van der Waals surface area contributed by atoms with Gasteiger partial charge in [0, 0.05) is 23.1 Å². The molecule has 0 aromatic carbocycles. The van der Waals surface area contributed by atoms with E-state index in [0.29, 0.717) is 5.56 Å². The fourth-order valence-electron chi connectivity index (χ4n) is 2.04. The van der Waals surface area contributed by atoms with Crippen molar-refractivity contribution in [2.75, 3.05) is 6.61 Å². The predicted octanol–water partition coefficient (Wildman–Crippen LogP) is -2.98. The maximum Gasteiger partial charge on any atom is 0.466 e. The lowest BCUT2D eigenvalue weighted by Crippen LogP contribution is -2.33. The second-order valence-electron chi connectivity index (χ2n) is 5.84. The Balaban J connectivity index is 0. The minimum Gasteiger partial charge on any atom is -0.394 e. The van der Waals surface area contributed by atoms with Crippen LogP contribution in [0.2, 0.25) is 0 Å². The zero-order chi connectivity index (χ0) is 27.5. The number of ether oxygens (including phenoxy) is 1. The predicted molar refractivity (Wildman–Crippen MR) is 107 cm³/mol. The first-order valence-corrected chi connectivity index (χ1v) is 12.7. The Morgan fingerprint density at radius 1 is 1.06 bits per heavy atom. The summed E-state index contributed by atoms with van der Waals surface area (Å²) < 4.78 is 33.3. The summed E-state index contributed by atoms with van der Waals surface area (Å²) >= 11 is 0. The van der Waals surface area contributed by atoms with Gasteiger partial charge in [0.1, 0.15) is 6.23 Å². The van der Waals surface area contributed by atoms with Crippen molar-refractivity contribution in [3.63, 3.8) is 0 Å². The molecule has 21 nitrogen and oxygen atoms in total. The van der Waals surface area contributed by atoms with Gasteiger partial charge in [0.15, 0.2) is 0 Å². The van der Waals surface area contributed by atoms with Crippen LogP contribution in [0.5, 0.6) is 0 Å². The van der Waals surface area contributed by atoms with E-state index < -0.39 is 53.1 Å². The molecule has 0 bridgehead atoms. The van der Waals surface area contributed by atoms with E-state index in [9.17, 15) is 9.59 Å². The zero-order valence-corrected chi connectivity index (χ0v) is 19.5. The molecular formula is C10H22N5O16P3. The molecule has 2 rings (SSSR count). The van der Waals surface area contributed by atoms with Crippen LogP contribution in [0.15, 0.2) is 20.9 Å². The molecule has 34 heavy (non-hydrogen) atoms. The van der Waals surface area contributed by atoms with Crippen LogP contribution in [0.3, 0.4) is 0 Å². The van der Waals surface area contributed by atoms with Crippen molar-refractivity contribution in [3.05, 3.63) is 43.0 Å². The van der Waals surface area contributed by atoms with Crippen LogP contribution in [0.1, 0.15) is 18.2 Å². The fourth-order valence-corrected chi connectivity index (χ4v) is 2.04. The van der Waals surface area contributed by atoms with Crippen LogP contribution in [-0.4, -0.2) is 77.5 Å². The van der Waals surface area contributed by atoms with E-state index in [4.69, 9.17) is 73.1 Å². The number of hydrogen-bond acceptors (Lipinski definition) is 8. The molecule has 1 aliphatic rings. The van der Waals surface area contributed by atoms with Crippen LogP contribution in [0.25, 0.3) is 10.4 Å². The number of rotatable bonds is 3.